The summed E-state index contributed by atoms with van der Waals surface area (Å²) in [4.78, 5) is 0. The van der Waals surface area contributed by atoms with Crippen molar-refractivity contribution in [1.29, 1.82) is 0 Å². The van der Waals surface area contributed by atoms with Crippen molar-refractivity contribution in [3.63, 3.8) is 0 Å². The van der Waals surface area contributed by atoms with Gasteiger partial charge < -0.3 is 0 Å². The van der Waals surface area contributed by atoms with Crippen molar-refractivity contribution in [2.24, 2.45) is 0 Å². The average molecular weight is 237 g/mol. The first kappa shape index (κ1) is 13.1. The number of halogens is 3. The van der Waals surface area contributed by atoms with Crippen LogP contribution in [0.25, 0.3) is 0 Å². The minimum Gasteiger partial charge on any atom is -0.232 e. The van der Waals surface area contributed by atoms with Crippen molar-refractivity contribution in [3.8, 4) is 0 Å². The molecule has 0 spiro atoms. The van der Waals surface area contributed by atoms with Crippen molar-refractivity contribution >= 4 is 19.3 Å². The minimum absolute atomic E-state index is 0.287. The van der Waals surface area contributed by atoms with Crippen LogP contribution in [0.3, 0.4) is 0 Å². The van der Waals surface area contributed by atoms with Crippen LogP contribution < -0.4 is 0 Å². The van der Waals surface area contributed by atoms with Crippen LogP contribution >= 0.6 is 9.24 Å². The summed E-state index contributed by atoms with van der Waals surface area (Å²) in [5, 5.41) is -7.63. The molecule has 0 heterocycles. The monoisotopic (exact) mass is 237 g/mol. The number of hydrogen-bond donors (Lipinski definition) is 0. The van der Waals surface area contributed by atoms with Crippen LogP contribution in [0.1, 0.15) is 6.92 Å². The molecule has 0 aliphatic rings. The van der Waals surface area contributed by atoms with Crippen molar-refractivity contribution in [2.75, 3.05) is 14.1 Å². The largest absolute Gasteiger partial charge is 0.395 e. The van der Waals surface area contributed by atoms with E-state index in [-0.39, 0.29) is 4.31 Å². The third-order valence-electron chi connectivity index (χ3n) is 1.37. The molecule has 0 aromatic heterocycles. The molecule has 0 aromatic carbocycles. The van der Waals surface area contributed by atoms with E-state index in [2.05, 4.69) is 0 Å². The third kappa shape index (κ3) is 2.14. The van der Waals surface area contributed by atoms with Crippen LogP contribution in [0, 0.1) is 0 Å². The molecule has 3 nitrogen and oxygen atoms in total. The van der Waals surface area contributed by atoms with Crippen LogP contribution in [0.15, 0.2) is 0 Å². The predicted molar refractivity (Wildman–Crippen MR) is 46.8 cm³/mol. The fraction of sp³-hybridized carbons (Fsp3) is 1.00. The highest BCUT2D eigenvalue weighted by Gasteiger charge is 2.59. The highest BCUT2D eigenvalue weighted by Crippen LogP contribution is 2.42. The Morgan fingerprint density at radius 3 is 1.62 bits per heavy atom. The lowest BCUT2D eigenvalue weighted by Gasteiger charge is -2.28. The molecule has 0 amide bonds. The highest BCUT2D eigenvalue weighted by molar-refractivity contribution is 7.90. The molecule has 13 heavy (non-hydrogen) atoms. The van der Waals surface area contributed by atoms with Gasteiger partial charge in [0.05, 0.1) is 0 Å². The lowest BCUT2D eigenvalue weighted by molar-refractivity contribution is -0.0107. The molecule has 0 saturated carbocycles. The zero-order chi connectivity index (χ0) is 11.1. The Bertz CT molecular complexity index is 283. The second-order valence-corrected chi connectivity index (χ2v) is 6.16. The molecule has 0 radical (unpaired) electrons. The normalized spacial score (nSPS) is 18.8. The molecular formula is C5H11F3NO2PS. The van der Waals surface area contributed by atoms with Crippen molar-refractivity contribution in [3.05, 3.63) is 0 Å². The Balaban J connectivity index is 5.31. The molecule has 80 valence electrons. The summed E-state index contributed by atoms with van der Waals surface area (Å²) in [5.74, 6) is 0. The Labute approximate surface area is 77.5 Å². The average Bonchev–Trinajstić information content (AvgIpc) is 1.84. The fourth-order valence-electron chi connectivity index (χ4n) is 0.481. The zero-order valence-corrected chi connectivity index (χ0v) is 9.35. The van der Waals surface area contributed by atoms with Gasteiger partial charge in [-0.25, -0.2) is 17.1 Å². The van der Waals surface area contributed by atoms with Gasteiger partial charge in [0.15, 0.2) is 5.41 Å². The van der Waals surface area contributed by atoms with Crippen LogP contribution in [-0.2, 0) is 10.0 Å². The van der Waals surface area contributed by atoms with E-state index < -0.39 is 20.7 Å². The van der Waals surface area contributed by atoms with E-state index in [9.17, 15) is 21.6 Å². The van der Waals surface area contributed by atoms with Crippen LogP contribution in [0.4, 0.5) is 13.2 Å². The van der Waals surface area contributed by atoms with Gasteiger partial charge in [0.2, 0.25) is 0 Å². The first-order chi connectivity index (χ1) is 5.44. The minimum atomic E-state index is -4.93. The van der Waals surface area contributed by atoms with E-state index in [1.54, 1.807) is 0 Å². The van der Waals surface area contributed by atoms with Gasteiger partial charge in [0.1, 0.15) is 0 Å². The second kappa shape index (κ2) is 3.37. The van der Waals surface area contributed by atoms with Gasteiger partial charge in [0.25, 0.3) is 10.0 Å². The number of alkyl halides is 3. The van der Waals surface area contributed by atoms with Crippen molar-refractivity contribution in [2.45, 2.75) is 17.6 Å². The van der Waals surface area contributed by atoms with Gasteiger partial charge in [0, 0.05) is 14.1 Å². The summed E-state index contributed by atoms with van der Waals surface area (Å²) in [6.45, 7) is 0.485. The molecule has 0 N–H and O–H groups in total. The van der Waals surface area contributed by atoms with Crippen LogP contribution in [0.5, 0.6) is 0 Å². The molecule has 0 aromatic rings. The van der Waals surface area contributed by atoms with E-state index >= 15 is 0 Å². The van der Waals surface area contributed by atoms with Gasteiger partial charge in [-0.05, 0) is 6.92 Å². The number of sulfonamides is 1. The van der Waals surface area contributed by atoms with E-state index in [0.29, 0.717) is 6.92 Å². The van der Waals surface area contributed by atoms with E-state index in [1.165, 1.54) is 9.24 Å². The van der Waals surface area contributed by atoms with Gasteiger partial charge in [-0.2, -0.15) is 8.78 Å². The van der Waals surface area contributed by atoms with E-state index in [1.807, 2.05) is 0 Å². The number of rotatable bonds is 3. The molecule has 0 saturated heterocycles. The van der Waals surface area contributed by atoms with Crippen molar-refractivity contribution < 1.29 is 21.6 Å². The molecule has 2 unspecified atom stereocenters. The maximum Gasteiger partial charge on any atom is 0.395 e. The van der Waals surface area contributed by atoms with Gasteiger partial charge in [-0.1, -0.05) is 9.24 Å². The molecular weight excluding hydrogens is 226 g/mol. The van der Waals surface area contributed by atoms with E-state index in [4.69, 9.17) is 0 Å². The molecule has 8 heteroatoms. The Morgan fingerprint density at radius 1 is 1.23 bits per heavy atom. The Kier molecular flexibility index (Phi) is 3.40. The summed E-state index contributed by atoms with van der Waals surface area (Å²) < 4.78 is 60.8. The topological polar surface area (TPSA) is 37.4 Å². The van der Waals surface area contributed by atoms with Crippen LogP contribution in [-0.4, -0.2) is 37.5 Å². The smallest absolute Gasteiger partial charge is 0.232 e. The standard InChI is InChI=1S/C5H11F3NO2PS/c1-4(6,12)5(7,8)13(10,11)9(2)3/h12H2,1-3H3. The van der Waals surface area contributed by atoms with Gasteiger partial charge in [-0.3, -0.25) is 0 Å². The second-order valence-electron chi connectivity index (χ2n) is 2.88. The number of hydrogen-bond acceptors (Lipinski definition) is 2. The Hall–Kier alpha value is 0.130. The van der Waals surface area contributed by atoms with Gasteiger partial charge in [-0.15, -0.1) is 0 Å². The van der Waals surface area contributed by atoms with Gasteiger partial charge >= 0.3 is 5.25 Å². The quantitative estimate of drug-likeness (QED) is 0.687. The SMILES string of the molecule is CN(C)S(=O)(=O)C(F)(F)C(C)(F)P. The predicted octanol–water partition coefficient (Wildman–Crippen LogP) is 1.03. The summed E-state index contributed by atoms with van der Waals surface area (Å²) in [6.07, 6.45) is 0. The summed E-state index contributed by atoms with van der Waals surface area (Å²) in [6, 6.07) is 0. The maximum absolute atomic E-state index is 12.9. The molecule has 0 aliphatic heterocycles. The van der Waals surface area contributed by atoms with Crippen LogP contribution in [0.2, 0.25) is 0 Å². The lowest BCUT2D eigenvalue weighted by Crippen LogP contribution is -2.49. The summed E-state index contributed by atoms with van der Waals surface area (Å²) in [7, 11) is -1.93. The first-order valence-electron chi connectivity index (χ1n) is 3.22. The fourth-order valence-corrected chi connectivity index (χ4v) is 1.89. The van der Waals surface area contributed by atoms with E-state index in [0.717, 1.165) is 14.1 Å². The summed E-state index contributed by atoms with van der Waals surface area (Å²) >= 11 is 0. The maximum atomic E-state index is 12.9. The Morgan fingerprint density at radius 2 is 1.54 bits per heavy atom. The van der Waals surface area contributed by atoms with Crippen molar-refractivity contribution in [1.82, 2.24) is 4.31 Å². The zero-order valence-electron chi connectivity index (χ0n) is 7.38. The first-order valence-corrected chi connectivity index (χ1v) is 5.24. The molecule has 0 bridgehead atoms. The molecule has 0 rings (SSSR count). The highest BCUT2D eigenvalue weighted by atomic mass is 32.2. The number of nitrogens with zero attached hydrogens (tertiary/aromatic N) is 1. The summed E-state index contributed by atoms with van der Waals surface area (Å²) in [5.41, 5.74) is 0. The lowest BCUT2D eigenvalue weighted by atomic mass is 10.4. The molecule has 0 fully saturated rings. The third-order valence-corrected chi connectivity index (χ3v) is 3.95. The molecule has 0 aliphatic carbocycles. The molecule has 2 atom stereocenters.